The Balaban J connectivity index is 1.50. The first-order chi connectivity index (χ1) is 12.6. The van der Waals surface area contributed by atoms with Crippen LogP contribution in [0.1, 0.15) is 5.69 Å². The first-order valence-corrected chi connectivity index (χ1v) is 8.77. The van der Waals surface area contributed by atoms with Crippen LogP contribution in [0.4, 0.5) is 4.39 Å². The zero-order valence-electron chi connectivity index (χ0n) is 13.4. The Morgan fingerprint density at radius 1 is 1.31 bits per heavy atom. The third-order valence-corrected chi connectivity index (χ3v) is 4.33. The van der Waals surface area contributed by atoms with Gasteiger partial charge in [0.25, 0.3) is 5.91 Å². The van der Waals surface area contributed by atoms with Gasteiger partial charge in [-0.15, -0.1) is 11.3 Å². The van der Waals surface area contributed by atoms with E-state index in [4.69, 9.17) is 16.3 Å². The normalized spacial score (nSPS) is 10.8. The van der Waals surface area contributed by atoms with Crippen molar-refractivity contribution in [1.29, 1.82) is 0 Å². The van der Waals surface area contributed by atoms with Crippen LogP contribution in [0.2, 0.25) is 5.02 Å². The van der Waals surface area contributed by atoms with E-state index in [0.717, 1.165) is 10.6 Å². The number of amides is 1. The fourth-order valence-corrected chi connectivity index (χ4v) is 2.88. The smallest absolute Gasteiger partial charge is 0.277 e. The van der Waals surface area contributed by atoms with E-state index in [2.05, 4.69) is 15.5 Å². The number of hydrogen-bond donors (Lipinski definition) is 1. The van der Waals surface area contributed by atoms with Crippen LogP contribution in [-0.2, 0) is 4.79 Å². The van der Waals surface area contributed by atoms with Gasteiger partial charge < -0.3 is 4.74 Å². The molecular weight excluding hydrogens is 377 g/mol. The predicted octanol–water partition coefficient (Wildman–Crippen LogP) is 4.13. The second-order valence-electron chi connectivity index (χ2n) is 5.12. The van der Waals surface area contributed by atoms with Gasteiger partial charge in [0.1, 0.15) is 16.6 Å². The molecule has 1 N–H and O–H groups in total. The van der Waals surface area contributed by atoms with Crippen LogP contribution >= 0.6 is 22.9 Å². The van der Waals surface area contributed by atoms with E-state index in [1.54, 1.807) is 18.2 Å². The molecule has 0 aliphatic rings. The molecule has 1 heterocycles. The number of benzene rings is 2. The molecule has 26 heavy (non-hydrogen) atoms. The topological polar surface area (TPSA) is 63.6 Å². The lowest BCUT2D eigenvalue weighted by Crippen LogP contribution is -2.24. The molecule has 3 rings (SSSR count). The third-order valence-electron chi connectivity index (χ3n) is 3.17. The number of hydrogen-bond acceptors (Lipinski definition) is 5. The van der Waals surface area contributed by atoms with E-state index in [9.17, 15) is 9.18 Å². The summed E-state index contributed by atoms with van der Waals surface area (Å²) in [7, 11) is 0. The zero-order chi connectivity index (χ0) is 18.4. The Morgan fingerprint density at radius 3 is 2.88 bits per heavy atom. The van der Waals surface area contributed by atoms with Crippen molar-refractivity contribution >= 4 is 35.1 Å². The highest BCUT2D eigenvalue weighted by molar-refractivity contribution is 7.13. The minimum atomic E-state index is -0.460. The van der Waals surface area contributed by atoms with E-state index in [-0.39, 0.29) is 12.4 Å². The van der Waals surface area contributed by atoms with E-state index < -0.39 is 11.7 Å². The summed E-state index contributed by atoms with van der Waals surface area (Å²) in [6.07, 6.45) is 1.44. The Bertz CT molecular complexity index is 928. The Kier molecular flexibility index (Phi) is 5.93. The third kappa shape index (κ3) is 5.11. The SMILES string of the molecule is O=C(COc1cccc(F)c1)N/N=C\c1csc(-c2ccc(Cl)cc2)n1. The minimum absolute atomic E-state index is 0.270. The number of carbonyl (C=O) groups excluding carboxylic acids is 1. The maximum absolute atomic E-state index is 13.0. The van der Waals surface area contributed by atoms with Crippen molar-refractivity contribution in [3.05, 3.63) is 70.4 Å². The molecule has 0 aliphatic heterocycles. The van der Waals surface area contributed by atoms with Crippen LogP contribution in [0.5, 0.6) is 5.75 Å². The summed E-state index contributed by atoms with van der Waals surface area (Å²) < 4.78 is 18.2. The molecule has 0 saturated carbocycles. The van der Waals surface area contributed by atoms with Crippen molar-refractivity contribution in [3.8, 4) is 16.3 Å². The van der Waals surface area contributed by atoms with Crippen molar-refractivity contribution < 1.29 is 13.9 Å². The molecule has 8 heteroatoms. The fourth-order valence-electron chi connectivity index (χ4n) is 1.98. The minimum Gasteiger partial charge on any atom is -0.484 e. The summed E-state index contributed by atoms with van der Waals surface area (Å²) in [4.78, 5) is 16.1. The monoisotopic (exact) mass is 389 g/mol. The molecular formula is C18H13ClFN3O2S. The van der Waals surface area contributed by atoms with Crippen LogP contribution in [0.3, 0.4) is 0 Å². The number of ether oxygens (including phenoxy) is 1. The molecule has 0 unspecified atom stereocenters. The largest absolute Gasteiger partial charge is 0.484 e. The molecule has 0 fully saturated rings. The second-order valence-corrected chi connectivity index (χ2v) is 6.42. The highest BCUT2D eigenvalue weighted by Crippen LogP contribution is 2.24. The summed E-state index contributed by atoms with van der Waals surface area (Å²) in [5.74, 6) is -0.615. The predicted molar refractivity (Wildman–Crippen MR) is 100 cm³/mol. The molecule has 0 radical (unpaired) electrons. The number of aromatic nitrogens is 1. The maximum atomic E-state index is 13.0. The molecule has 0 saturated heterocycles. The van der Waals surface area contributed by atoms with Crippen molar-refractivity contribution in [2.75, 3.05) is 6.61 Å². The van der Waals surface area contributed by atoms with Gasteiger partial charge in [-0.2, -0.15) is 5.10 Å². The number of halogens is 2. The molecule has 0 spiro atoms. The van der Waals surface area contributed by atoms with E-state index >= 15 is 0 Å². The molecule has 5 nitrogen and oxygen atoms in total. The molecule has 0 atom stereocenters. The van der Waals surface area contributed by atoms with Gasteiger partial charge in [0.15, 0.2) is 6.61 Å². The average molecular weight is 390 g/mol. The number of nitrogens with one attached hydrogen (secondary N) is 1. The molecule has 1 amide bonds. The Labute approximate surface area is 158 Å². The molecule has 2 aromatic carbocycles. The van der Waals surface area contributed by atoms with Crippen LogP contribution < -0.4 is 10.2 Å². The van der Waals surface area contributed by atoms with Crippen LogP contribution in [-0.4, -0.2) is 23.7 Å². The van der Waals surface area contributed by atoms with Crippen molar-refractivity contribution in [2.24, 2.45) is 5.10 Å². The maximum Gasteiger partial charge on any atom is 0.277 e. The first-order valence-electron chi connectivity index (χ1n) is 7.52. The van der Waals surface area contributed by atoms with Crippen LogP contribution in [0.15, 0.2) is 59.0 Å². The average Bonchev–Trinajstić information content (AvgIpc) is 3.09. The molecule has 132 valence electrons. The summed E-state index contributed by atoms with van der Waals surface area (Å²) in [6, 6.07) is 12.9. The number of hydrazone groups is 1. The van der Waals surface area contributed by atoms with Crippen molar-refractivity contribution in [3.63, 3.8) is 0 Å². The number of carbonyl (C=O) groups is 1. The quantitative estimate of drug-likeness (QED) is 0.509. The number of nitrogens with zero attached hydrogens (tertiary/aromatic N) is 2. The lowest BCUT2D eigenvalue weighted by Gasteiger charge is -2.04. The summed E-state index contributed by atoms with van der Waals surface area (Å²) in [5, 5.41) is 7.14. The van der Waals surface area contributed by atoms with Crippen LogP contribution in [0.25, 0.3) is 10.6 Å². The summed E-state index contributed by atoms with van der Waals surface area (Å²) in [6.45, 7) is -0.270. The van der Waals surface area contributed by atoms with Gasteiger partial charge in [0.2, 0.25) is 0 Å². The first kappa shape index (κ1) is 18.0. The molecule has 3 aromatic rings. The van der Waals surface area contributed by atoms with Gasteiger partial charge in [-0.3, -0.25) is 4.79 Å². The van der Waals surface area contributed by atoms with Gasteiger partial charge in [-0.1, -0.05) is 29.8 Å². The lowest BCUT2D eigenvalue weighted by atomic mass is 10.2. The van der Waals surface area contributed by atoms with Gasteiger partial charge in [-0.25, -0.2) is 14.8 Å². The second kappa shape index (κ2) is 8.55. The zero-order valence-corrected chi connectivity index (χ0v) is 14.9. The standard InChI is InChI=1S/C18H13ClFN3O2S/c19-13-6-4-12(5-7-13)18-22-15(11-26-18)9-21-23-17(24)10-25-16-3-1-2-14(20)8-16/h1-9,11H,10H2,(H,23,24)/b21-9-. The van der Waals surface area contributed by atoms with Gasteiger partial charge >= 0.3 is 0 Å². The number of rotatable bonds is 6. The summed E-state index contributed by atoms with van der Waals surface area (Å²) in [5.41, 5.74) is 3.90. The van der Waals surface area contributed by atoms with Crippen molar-refractivity contribution in [2.45, 2.75) is 0 Å². The molecule has 0 bridgehead atoms. The lowest BCUT2D eigenvalue weighted by molar-refractivity contribution is -0.123. The molecule has 0 aliphatic carbocycles. The van der Waals surface area contributed by atoms with Gasteiger partial charge in [0.05, 0.1) is 11.9 Å². The fraction of sp³-hybridized carbons (Fsp3) is 0.0556. The summed E-state index contributed by atoms with van der Waals surface area (Å²) >= 11 is 7.33. The van der Waals surface area contributed by atoms with Gasteiger partial charge in [-0.05, 0) is 24.3 Å². The molecule has 1 aromatic heterocycles. The Morgan fingerprint density at radius 2 is 2.12 bits per heavy atom. The highest BCUT2D eigenvalue weighted by atomic mass is 35.5. The van der Waals surface area contributed by atoms with Crippen LogP contribution in [0, 0.1) is 5.82 Å². The van der Waals surface area contributed by atoms with E-state index in [1.807, 2.05) is 17.5 Å². The number of thiazole rings is 1. The van der Waals surface area contributed by atoms with Gasteiger partial charge in [0, 0.05) is 22.0 Å². The highest BCUT2D eigenvalue weighted by Gasteiger charge is 2.05. The Hall–Kier alpha value is -2.77. The van der Waals surface area contributed by atoms with E-state index in [1.165, 1.54) is 35.8 Å². The van der Waals surface area contributed by atoms with E-state index in [0.29, 0.717) is 10.7 Å². The van der Waals surface area contributed by atoms with Crippen molar-refractivity contribution in [1.82, 2.24) is 10.4 Å².